The molecule has 0 aliphatic carbocycles. The molecule has 2 aromatic rings. The van der Waals surface area contributed by atoms with Gasteiger partial charge in [-0.1, -0.05) is 48.5 Å². The zero-order chi connectivity index (χ0) is 12.6. The molecule has 0 aliphatic heterocycles. The fraction of sp³-hybridized carbons (Fsp3) is 0.200. The van der Waals surface area contributed by atoms with Crippen molar-refractivity contribution in [2.75, 3.05) is 6.61 Å². The van der Waals surface area contributed by atoms with Crippen LogP contribution in [0.5, 0.6) is 5.75 Å². The Hall–Kier alpha value is -1.37. The van der Waals surface area contributed by atoms with Gasteiger partial charge in [0, 0.05) is 0 Å². The van der Waals surface area contributed by atoms with Gasteiger partial charge in [0.05, 0.1) is 12.8 Å². The zero-order valence-electron chi connectivity index (χ0n) is 10.5. The molecule has 2 nitrogen and oxygen atoms in total. The van der Waals surface area contributed by atoms with Gasteiger partial charge >= 0.3 is 0 Å². The minimum Gasteiger partial charge on any atom is -0.447 e. The van der Waals surface area contributed by atoms with E-state index in [-0.39, 0.29) is 0 Å². The quantitative estimate of drug-likeness (QED) is 0.706. The second-order valence-electron chi connectivity index (χ2n) is 3.80. The average molecular weight is 260 g/mol. The molecule has 0 spiro atoms. The van der Waals surface area contributed by atoms with Crippen molar-refractivity contribution in [1.82, 2.24) is 0 Å². The van der Waals surface area contributed by atoms with Crippen LogP contribution in [-0.2, 0) is 10.7 Å². The van der Waals surface area contributed by atoms with Crippen LogP contribution in [0.4, 0.5) is 0 Å². The van der Waals surface area contributed by atoms with Crippen LogP contribution < -0.4 is 4.52 Å². The van der Waals surface area contributed by atoms with Crippen molar-refractivity contribution >= 4 is 8.38 Å². The normalized spacial score (nSPS) is 12.1. The van der Waals surface area contributed by atoms with Crippen molar-refractivity contribution in [2.45, 2.75) is 13.1 Å². The Labute approximate surface area is 109 Å². The molecule has 0 saturated heterocycles. The van der Waals surface area contributed by atoms with Crippen LogP contribution in [0.3, 0.4) is 0 Å². The lowest BCUT2D eigenvalue weighted by atomic mass is 10.2. The second kappa shape index (κ2) is 7.15. The van der Waals surface area contributed by atoms with E-state index in [0.29, 0.717) is 6.61 Å². The van der Waals surface area contributed by atoms with Gasteiger partial charge in [0.25, 0.3) is 0 Å². The highest BCUT2D eigenvalue weighted by molar-refractivity contribution is 7.46. The number of hydrogen-bond donors (Lipinski definition) is 0. The summed E-state index contributed by atoms with van der Waals surface area (Å²) < 4.78 is 11.6. The second-order valence-corrected chi connectivity index (χ2v) is 5.22. The van der Waals surface area contributed by atoms with Crippen molar-refractivity contribution in [1.29, 1.82) is 0 Å². The maximum atomic E-state index is 5.90. The SMILES string of the molecule is CCOP(Cc1ccccc1)Oc1ccccc1. The van der Waals surface area contributed by atoms with Crippen LogP contribution in [0.15, 0.2) is 60.7 Å². The summed E-state index contributed by atoms with van der Waals surface area (Å²) >= 11 is 0. The number of para-hydroxylation sites is 1. The van der Waals surface area contributed by atoms with Gasteiger partial charge in [-0.05, 0) is 24.6 Å². The first-order valence-corrected chi connectivity index (χ1v) is 7.42. The van der Waals surface area contributed by atoms with E-state index in [1.54, 1.807) is 0 Å². The van der Waals surface area contributed by atoms with Crippen LogP contribution in [0.2, 0.25) is 0 Å². The molecule has 18 heavy (non-hydrogen) atoms. The molecule has 0 aromatic heterocycles. The van der Waals surface area contributed by atoms with E-state index in [0.717, 1.165) is 11.9 Å². The van der Waals surface area contributed by atoms with Crippen molar-refractivity contribution in [3.05, 3.63) is 66.2 Å². The summed E-state index contributed by atoms with van der Waals surface area (Å²) in [6.07, 6.45) is 0.818. The molecule has 0 radical (unpaired) electrons. The highest BCUT2D eigenvalue weighted by Gasteiger charge is 2.12. The lowest BCUT2D eigenvalue weighted by Crippen LogP contribution is -1.96. The summed E-state index contributed by atoms with van der Waals surface area (Å²) in [4.78, 5) is 0. The fourth-order valence-electron chi connectivity index (χ4n) is 1.58. The smallest absolute Gasteiger partial charge is 0.234 e. The first kappa shape index (κ1) is 13.1. The largest absolute Gasteiger partial charge is 0.447 e. The Kier molecular flexibility index (Phi) is 5.19. The lowest BCUT2D eigenvalue weighted by Gasteiger charge is -2.17. The van der Waals surface area contributed by atoms with Crippen LogP contribution in [0.1, 0.15) is 12.5 Å². The third-order valence-electron chi connectivity index (χ3n) is 2.38. The van der Waals surface area contributed by atoms with E-state index in [4.69, 9.17) is 9.05 Å². The molecule has 1 atom stereocenters. The van der Waals surface area contributed by atoms with Gasteiger partial charge in [0.1, 0.15) is 5.75 Å². The number of benzene rings is 2. The van der Waals surface area contributed by atoms with Crippen LogP contribution in [0, 0.1) is 0 Å². The summed E-state index contributed by atoms with van der Waals surface area (Å²) in [6.45, 7) is 2.67. The van der Waals surface area contributed by atoms with Gasteiger partial charge in [0.2, 0.25) is 8.38 Å². The van der Waals surface area contributed by atoms with Crippen LogP contribution in [-0.4, -0.2) is 6.61 Å². The standard InChI is InChI=1S/C15H17O2P/c1-2-16-18(13-14-9-5-3-6-10-14)17-15-11-7-4-8-12-15/h3-12H,2,13H2,1H3. The molecule has 0 bridgehead atoms. The van der Waals surface area contributed by atoms with E-state index < -0.39 is 8.38 Å². The molecular weight excluding hydrogens is 243 g/mol. The fourth-order valence-corrected chi connectivity index (χ4v) is 2.94. The third kappa shape index (κ3) is 4.14. The minimum atomic E-state index is -0.913. The average Bonchev–Trinajstić information content (AvgIpc) is 2.41. The number of hydrogen-bond acceptors (Lipinski definition) is 2. The summed E-state index contributed by atoms with van der Waals surface area (Å²) in [6, 6.07) is 20.1. The summed E-state index contributed by atoms with van der Waals surface area (Å²) in [5.41, 5.74) is 1.24. The van der Waals surface area contributed by atoms with Crippen LogP contribution >= 0.6 is 8.38 Å². The van der Waals surface area contributed by atoms with E-state index in [1.807, 2.05) is 55.5 Å². The van der Waals surface area contributed by atoms with Crippen LogP contribution in [0.25, 0.3) is 0 Å². The van der Waals surface area contributed by atoms with Crippen molar-refractivity contribution in [2.24, 2.45) is 0 Å². The Morgan fingerprint density at radius 1 is 0.889 bits per heavy atom. The molecule has 0 aliphatic rings. The molecule has 2 rings (SSSR count). The van der Waals surface area contributed by atoms with Gasteiger partial charge in [-0.2, -0.15) is 0 Å². The van der Waals surface area contributed by atoms with Gasteiger partial charge < -0.3 is 9.05 Å². The van der Waals surface area contributed by atoms with Gasteiger partial charge in [-0.15, -0.1) is 0 Å². The molecule has 0 fully saturated rings. The Bertz CT molecular complexity index is 403. The number of rotatable bonds is 6. The molecular formula is C15H17O2P. The topological polar surface area (TPSA) is 18.5 Å². The Morgan fingerprint density at radius 3 is 2.11 bits per heavy atom. The van der Waals surface area contributed by atoms with Gasteiger partial charge in [-0.3, -0.25) is 0 Å². The summed E-state index contributed by atoms with van der Waals surface area (Å²) in [7, 11) is -0.913. The molecule has 2 aromatic carbocycles. The van der Waals surface area contributed by atoms with Crippen molar-refractivity contribution < 1.29 is 9.05 Å². The van der Waals surface area contributed by atoms with Crippen molar-refractivity contribution in [3.63, 3.8) is 0 Å². The monoisotopic (exact) mass is 260 g/mol. The molecule has 94 valence electrons. The Balaban J connectivity index is 2.00. The molecule has 0 N–H and O–H groups in total. The highest BCUT2D eigenvalue weighted by atomic mass is 31.2. The predicted octanol–water partition coefficient (Wildman–Crippen LogP) is 4.61. The van der Waals surface area contributed by atoms with Gasteiger partial charge in [-0.25, -0.2) is 0 Å². The Morgan fingerprint density at radius 2 is 1.50 bits per heavy atom. The predicted molar refractivity (Wildman–Crippen MR) is 75.8 cm³/mol. The summed E-state index contributed by atoms with van der Waals surface area (Å²) in [5, 5.41) is 0. The van der Waals surface area contributed by atoms with Gasteiger partial charge in [0.15, 0.2) is 0 Å². The molecule has 0 amide bonds. The first-order valence-electron chi connectivity index (χ1n) is 6.06. The van der Waals surface area contributed by atoms with E-state index in [2.05, 4.69) is 12.1 Å². The van der Waals surface area contributed by atoms with E-state index in [1.165, 1.54) is 5.56 Å². The maximum absolute atomic E-state index is 5.90. The van der Waals surface area contributed by atoms with Crippen molar-refractivity contribution in [3.8, 4) is 5.75 Å². The minimum absolute atomic E-state index is 0.672. The summed E-state index contributed by atoms with van der Waals surface area (Å²) in [5.74, 6) is 0.869. The third-order valence-corrected chi connectivity index (χ3v) is 3.96. The highest BCUT2D eigenvalue weighted by Crippen LogP contribution is 2.42. The van der Waals surface area contributed by atoms with E-state index in [9.17, 15) is 0 Å². The lowest BCUT2D eigenvalue weighted by molar-refractivity contribution is 0.333. The molecule has 0 heterocycles. The first-order chi connectivity index (χ1) is 8.88. The molecule has 1 unspecified atom stereocenters. The molecule has 0 saturated carbocycles. The molecule has 3 heteroatoms. The maximum Gasteiger partial charge on any atom is 0.234 e. The van der Waals surface area contributed by atoms with E-state index >= 15 is 0 Å². The zero-order valence-corrected chi connectivity index (χ0v) is 11.3.